The van der Waals surface area contributed by atoms with E-state index in [0.717, 1.165) is 16.9 Å². The average Bonchev–Trinajstić information content (AvgIpc) is 2.88. The molecule has 0 aliphatic carbocycles. The molecule has 1 atom stereocenters. The summed E-state index contributed by atoms with van der Waals surface area (Å²) < 4.78 is 22.3. The molecule has 1 aromatic carbocycles. The number of nitrogens with zero attached hydrogens (tertiary/aromatic N) is 1. The number of benzene rings is 1. The van der Waals surface area contributed by atoms with E-state index >= 15 is 0 Å². The first-order chi connectivity index (χ1) is 9.79. The molecule has 0 fully saturated rings. The zero-order valence-corrected chi connectivity index (χ0v) is 13.1. The molecular weight excluding hydrogens is 310 g/mol. The van der Waals surface area contributed by atoms with Crippen molar-refractivity contribution in [1.82, 2.24) is 4.98 Å². The molecule has 4 N–H and O–H groups in total. The lowest BCUT2D eigenvalue weighted by atomic mass is 9.93. The van der Waals surface area contributed by atoms with Crippen molar-refractivity contribution < 1.29 is 13.5 Å². The van der Waals surface area contributed by atoms with Gasteiger partial charge in [0.1, 0.15) is 0 Å². The van der Waals surface area contributed by atoms with Crippen LogP contribution >= 0.6 is 11.3 Å². The number of hydrogen-bond donors (Lipinski definition) is 3. The van der Waals surface area contributed by atoms with Gasteiger partial charge >= 0.3 is 0 Å². The molecular formula is C13H17N3O3S2. The molecule has 0 bridgehead atoms. The lowest BCUT2D eigenvalue weighted by Crippen LogP contribution is -2.24. The number of hydrogen-bond acceptors (Lipinski definition) is 6. The maximum absolute atomic E-state index is 11.1. The van der Waals surface area contributed by atoms with Gasteiger partial charge in [-0.15, -0.1) is 0 Å². The lowest BCUT2D eigenvalue weighted by molar-refractivity contribution is 0.0515. The molecule has 0 spiro atoms. The number of anilines is 1. The Hall–Kier alpha value is -1.48. The second-order valence-corrected chi connectivity index (χ2v) is 7.67. The number of aliphatic hydroxyl groups is 1. The molecule has 0 amide bonds. The van der Waals surface area contributed by atoms with E-state index in [1.807, 2.05) is 30.3 Å². The predicted octanol–water partition coefficient (Wildman–Crippen LogP) is 1.50. The lowest BCUT2D eigenvalue weighted by Gasteiger charge is -2.23. The molecule has 8 heteroatoms. The smallest absolute Gasteiger partial charge is 0.249 e. The molecule has 0 saturated heterocycles. The first kappa shape index (κ1) is 15.9. The van der Waals surface area contributed by atoms with Crippen molar-refractivity contribution in [3.05, 3.63) is 42.1 Å². The summed E-state index contributed by atoms with van der Waals surface area (Å²) in [6.45, 7) is 2.20. The van der Waals surface area contributed by atoms with Crippen LogP contribution in [0.15, 0.2) is 40.7 Å². The number of thiazole rings is 1. The van der Waals surface area contributed by atoms with Gasteiger partial charge in [-0.25, -0.2) is 18.5 Å². The van der Waals surface area contributed by atoms with Crippen LogP contribution in [0.4, 0.5) is 5.13 Å². The standard InChI is InChI=1S/C13H17N3O3S2/c1-13(17,10-5-3-2-4-6-10)7-8-15-12-16-9-11(20-12)21(14,18)19/h2-6,9,17H,7-8H2,1H3,(H,15,16)(H2,14,18,19). The minimum atomic E-state index is -3.71. The van der Waals surface area contributed by atoms with E-state index in [9.17, 15) is 13.5 Å². The van der Waals surface area contributed by atoms with E-state index in [4.69, 9.17) is 5.14 Å². The molecule has 1 aromatic heterocycles. The van der Waals surface area contributed by atoms with E-state index < -0.39 is 15.6 Å². The van der Waals surface area contributed by atoms with Crippen LogP contribution < -0.4 is 10.5 Å². The molecule has 2 rings (SSSR count). The number of nitrogens with two attached hydrogens (primary N) is 1. The molecule has 1 heterocycles. The summed E-state index contributed by atoms with van der Waals surface area (Å²) in [4.78, 5) is 3.94. The summed E-state index contributed by atoms with van der Waals surface area (Å²) in [5.74, 6) is 0. The zero-order valence-electron chi connectivity index (χ0n) is 11.5. The molecule has 1 unspecified atom stereocenters. The molecule has 2 aromatic rings. The molecule has 6 nitrogen and oxygen atoms in total. The van der Waals surface area contributed by atoms with Crippen LogP contribution in [0.25, 0.3) is 0 Å². The fourth-order valence-corrected chi connectivity index (χ4v) is 3.30. The predicted molar refractivity (Wildman–Crippen MR) is 82.6 cm³/mol. The van der Waals surface area contributed by atoms with Crippen molar-refractivity contribution in [3.8, 4) is 0 Å². The van der Waals surface area contributed by atoms with Crippen molar-refractivity contribution >= 4 is 26.5 Å². The Balaban J connectivity index is 1.94. The number of aromatic nitrogens is 1. The second kappa shape index (κ2) is 6.10. The van der Waals surface area contributed by atoms with Gasteiger partial charge in [0.25, 0.3) is 0 Å². The van der Waals surface area contributed by atoms with Gasteiger partial charge in [0.15, 0.2) is 9.34 Å². The highest BCUT2D eigenvalue weighted by Crippen LogP contribution is 2.25. The van der Waals surface area contributed by atoms with E-state index in [0.29, 0.717) is 18.1 Å². The van der Waals surface area contributed by atoms with Gasteiger partial charge in [-0.05, 0) is 18.9 Å². The molecule has 0 aliphatic rings. The third-order valence-electron chi connectivity index (χ3n) is 3.05. The number of primary sulfonamides is 1. The quantitative estimate of drug-likeness (QED) is 0.745. The maximum Gasteiger partial charge on any atom is 0.249 e. The van der Waals surface area contributed by atoms with E-state index in [1.54, 1.807) is 6.92 Å². The van der Waals surface area contributed by atoms with Gasteiger partial charge in [0, 0.05) is 6.54 Å². The Morgan fingerprint density at radius 1 is 1.38 bits per heavy atom. The fourth-order valence-electron chi connectivity index (χ4n) is 1.83. The van der Waals surface area contributed by atoms with Crippen molar-refractivity contribution in [3.63, 3.8) is 0 Å². The van der Waals surface area contributed by atoms with Crippen LogP contribution in [0.2, 0.25) is 0 Å². The maximum atomic E-state index is 11.1. The topological polar surface area (TPSA) is 105 Å². The number of sulfonamides is 1. The summed E-state index contributed by atoms with van der Waals surface area (Å²) in [5, 5.41) is 18.9. The van der Waals surface area contributed by atoms with Gasteiger partial charge in [0.2, 0.25) is 10.0 Å². The second-order valence-electron chi connectivity index (χ2n) is 4.85. The monoisotopic (exact) mass is 327 g/mol. The molecule has 21 heavy (non-hydrogen) atoms. The van der Waals surface area contributed by atoms with Gasteiger partial charge in [-0.3, -0.25) is 0 Å². The van der Waals surface area contributed by atoms with E-state index in [-0.39, 0.29) is 4.21 Å². The normalized spacial score (nSPS) is 14.6. The van der Waals surface area contributed by atoms with Crippen LogP contribution in [0.5, 0.6) is 0 Å². The molecule has 0 radical (unpaired) electrons. The minimum Gasteiger partial charge on any atom is -0.385 e. The fraction of sp³-hybridized carbons (Fsp3) is 0.308. The SMILES string of the molecule is CC(O)(CCNc1ncc(S(N)(=O)=O)s1)c1ccccc1. The minimum absolute atomic E-state index is 0.0137. The summed E-state index contributed by atoms with van der Waals surface area (Å²) >= 11 is 0.969. The Morgan fingerprint density at radius 2 is 2.05 bits per heavy atom. The first-order valence-electron chi connectivity index (χ1n) is 6.29. The van der Waals surface area contributed by atoms with Crippen LogP contribution in [-0.4, -0.2) is 25.1 Å². The third kappa shape index (κ3) is 4.24. The zero-order chi connectivity index (χ0) is 15.5. The van der Waals surface area contributed by atoms with Crippen LogP contribution in [-0.2, 0) is 15.6 Å². The Morgan fingerprint density at radius 3 is 2.62 bits per heavy atom. The molecule has 0 aliphatic heterocycles. The van der Waals surface area contributed by atoms with Crippen molar-refractivity contribution in [2.75, 3.05) is 11.9 Å². The largest absolute Gasteiger partial charge is 0.385 e. The first-order valence-corrected chi connectivity index (χ1v) is 8.66. The van der Waals surface area contributed by atoms with Crippen LogP contribution in [0.3, 0.4) is 0 Å². The third-order valence-corrected chi connectivity index (χ3v) is 5.41. The number of rotatable bonds is 6. The van der Waals surface area contributed by atoms with E-state index in [1.165, 1.54) is 6.20 Å². The van der Waals surface area contributed by atoms with Gasteiger partial charge in [-0.2, -0.15) is 0 Å². The summed E-state index contributed by atoms with van der Waals surface area (Å²) in [6.07, 6.45) is 1.68. The summed E-state index contributed by atoms with van der Waals surface area (Å²) in [5.41, 5.74) is -0.134. The molecule has 0 saturated carbocycles. The van der Waals surface area contributed by atoms with Gasteiger partial charge < -0.3 is 10.4 Å². The summed E-state index contributed by atoms with van der Waals surface area (Å²) in [7, 11) is -3.71. The molecule has 114 valence electrons. The Labute approximate surface area is 127 Å². The highest BCUT2D eigenvalue weighted by molar-refractivity contribution is 7.91. The van der Waals surface area contributed by atoms with Crippen LogP contribution in [0, 0.1) is 0 Å². The van der Waals surface area contributed by atoms with Crippen molar-refractivity contribution in [2.24, 2.45) is 5.14 Å². The van der Waals surface area contributed by atoms with Crippen LogP contribution in [0.1, 0.15) is 18.9 Å². The van der Waals surface area contributed by atoms with Crippen molar-refractivity contribution in [2.45, 2.75) is 23.2 Å². The summed E-state index contributed by atoms with van der Waals surface area (Å²) in [6, 6.07) is 9.36. The van der Waals surface area contributed by atoms with Gasteiger partial charge in [0.05, 0.1) is 11.8 Å². The average molecular weight is 327 g/mol. The van der Waals surface area contributed by atoms with Crippen molar-refractivity contribution in [1.29, 1.82) is 0 Å². The van der Waals surface area contributed by atoms with Gasteiger partial charge in [-0.1, -0.05) is 41.7 Å². The Kier molecular flexibility index (Phi) is 4.62. The van der Waals surface area contributed by atoms with E-state index in [2.05, 4.69) is 10.3 Å². The highest BCUT2D eigenvalue weighted by Gasteiger charge is 2.22. The highest BCUT2D eigenvalue weighted by atomic mass is 32.2. The number of nitrogens with one attached hydrogen (secondary N) is 1. The Bertz CT molecular complexity index is 696.